The van der Waals surface area contributed by atoms with Gasteiger partial charge in [0.2, 0.25) is 0 Å². The SMILES string of the molecule is C1#CC1Cc1ccccc1. The van der Waals surface area contributed by atoms with E-state index in [0.29, 0.717) is 5.92 Å². The predicted octanol–water partition coefficient (Wildman–Crippen LogP) is 1.86. The Kier molecular flexibility index (Phi) is 1.22. The van der Waals surface area contributed by atoms with Crippen LogP contribution in [0.3, 0.4) is 0 Å². The minimum absolute atomic E-state index is 0.516. The molecule has 0 radical (unpaired) electrons. The van der Waals surface area contributed by atoms with E-state index in [9.17, 15) is 0 Å². The topological polar surface area (TPSA) is 0 Å². The first-order valence-corrected chi connectivity index (χ1v) is 3.50. The minimum atomic E-state index is 0.516. The summed E-state index contributed by atoms with van der Waals surface area (Å²) < 4.78 is 0. The second-order valence-electron chi connectivity index (χ2n) is 2.53. The van der Waals surface area contributed by atoms with E-state index in [1.54, 1.807) is 0 Å². The number of hydrogen-bond donors (Lipinski definition) is 0. The van der Waals surface area contributed by atoms with Gasteiger partial charge in [-0.3, -0.25) is 0 Å². The fourth-order valence-corrected chi connectivity index (χ4v) is 1.01. The molecule has 10 heavy (non-hydrogen) atoms. The zero-order chi connectivity index (χ0) is 6.81. The molecule has 0 saturated carbocycles. The van der Waals surface area contributed by atoms with Gasteiger partial charge in [0.25, 0.3) is 0 Å². The van der Waals surface area contributed by atoms with Crippen LogP contribution in [0.5, 0.6) is 0 Å². The second kappa shape index (κ2) is 2.19. The van der Waals surface area contributed by atoms with Gasteiger partial charge in [-0.25, -0.2) is 0 Å². The van der Waals surface area contributed by atoms with Crippen molar-refractivity contribution in [3.8, 4) is 11.8 Å². The van der Waals surface area contributed by atoms with Crippen molar-refractivity contribution in [3.05, 3.63) is 35.9 Å². The van der Waals surface area contributed by atoms with E-state index in [1.165, 1.54) is 5.56 Å². The highest BCUT2D eigenvalue weighted by molar-refractivity contribution is 5.33. The molecule has 0 unspecified atom stereocenters. The molecule has 0 bridgehead atoms. The third kappa shape index (κ3) is 1.19. The first-order valence-electron chi connectivity index (χ1n) is 3.50. The largest absolute Gasteiger partial charge is 0.0852 e. The first-order chi connectivity index (χ1) is 4.95. The van der Waals surface area contributed by atoms with Crippen LogP contribution in [0.4, 0.5) is 0 Å². The highest BCUT2D eigenvalue weighted by atomic mass is 14.1. The number of rotatable bonds is 2. The second-order valence-corrected chi connectivity index (χ2v) is 2.53. The molecule has 2 rings (SSSR count). The van der Waals surface area contributed by atoms with Gasteiger partial charge in [-0.2, -0.15) is 0 Å². The van der Waals surface area contributed by atoms with Gasteiger partial charge in [-0.1, -0.05) is 42.2 Å². The lowest BCUT2D eigenvalue weighted by atomic mass is 10.1. The van der Waals surface area contributed by atoms with Gasteiger partial charge in [-0.05, 0) is 12.0 Å². The molecule has 0 aromatic heterocycles. The van der Waals surface area contributed by atoms with Gasteiger partial charge < -0.3 is 0 Å². The van der Waals surface area contributed by atoms with Gasteiger partial charge in [0.1, 0.15) is 0 Å². The predicted molar refractivity (Wildman–Crippen MR) is 41.4 cm³/mol. The summed E-state index contributed by atoms with van der Waals surface area (Å²) in [6.07, 6.45) is 1.08. The highest BCUT2D eigenvalue weighted by Gasteiger charge is 2.09. The van der Waals surface area contributed by atoms with Gasteiger partial charge in [0.15, 0.2) is 0 Å². The molecule has 0 N–H and O–H groups in total. The van der Waals surface area contributed by atoms with Crippen LogP contribution < -0.4 is 0 Å². The Labute approximate surface area is 60.9 Å². The smallest absolute Gasteiger partial charge is 0.0851 e. The zero-order valence-electron chi connectivity index (χ0n) is 5.67. The Bertz CT molecular complexity index is 266. The molecular weight excluding hydrogens is 120 g/mol. The molecule has 1 aliphatic rings. The molecular formula is C10H8. The van der Waals surface area contributed by atoms with Crippen molar-refractivity contribution in [1.82, 2.24) is 0 Å². The Morgan fingerprint density at radius 2 is 1.80 bits per heavy atom. The number of hydrogen-bond acceptors (Lipinski definition) is 0. The van der Waals surface area contributed by atoms with Crippen LogP contribution in [0.25, 0.3) is 0 Å². The van der Waals surface area contributed by atoms with E-state index in [-0.39, 0.29) is 0 Å². The lowest BCUT2D eigenvalue weighted by Crippen LogP contribution is -1.87. The molecule has 0 atom stereocenters. The molecule has 0 heterocycles. The maximum atomic E-state index is 3.03. The molecule has 0 spiro atoms. The van der Waals surface area contributed by atoms with Crippen molar-refractivity contribution in [2.75, 3.05) is 0 Å². The van der Waals surface area contributed by atoms with E-state index < -0.39 is 0 Å². The normalized spacial score (nSPS) is 14.0. The summed E-state index contributed by atoms with van der Waals surface area (Å²) >= 11 is 0. The summed E-state index contributed by atoms with van der Waals surface area (Å²) in [6, 6.07) is 10.5. The van der Waals surface area contributed by atoms with Crippen LogP contribution in [-0.4, -0.2) is 0 Å². The first kappa shape index (κ1) is 5.56. The summed E-state index contributed by atoms with van der Waals surface area (Å²) in [5, 5.41) is 0. The quantitative estimate of drug-likeness (QED) is 0.533. The van der Waals surface area contributed by atoms with E-state index in [4.69, 9.17) is 0 Å². The molecule has 48 valence electrons. The van der Waals surface area contributed by atoms with Gasteiger partial charge in [0.05, 0.1) is 5.92 Å². The molecule has 0 nitrogen and oxygen atoms in total. The maximum absolute atomic E-state index is 3.03. The lowest BCUT2D eigenvalue weighted by molar-refractivity contribution is 0.921. The van der Waals surface area contributed by atoms with E-state index >= 15 is 0 Å². The van der Waals surface area contributed by atoms with Crippen molar-refractivity contribution < 1.29 is 0 Å². The Hall–Kier alpha value is -1.22. The molecule has 0 amide bonds. The Morgan fingerprint density at radius 3 is 2.40 bits per heavy atom. The lowest BCUT2D eigenvalue weighted by Gasteiger charge is -1.95. The monoisotopic (exact) mass is 128 g/mol. The summed E-state index contributed by atoms with van der Waals surface area (Å²) in [4.78, 5) is 0. The molecule has 0 fully saturated rings. The van der Waals surface area contributed by atoms with Gasteiger partial charge in [-0.15, -0.1) is 0 Å². The van der Waals surface area contributed by atoms with E-state index in [2.05, 4.69) is 36.1 Å². The fourth-order valence-electron chi connectivity index (χ4n) is 1.01. The third-order valence-electron chi connectivity index (χ3n) is 1.63. The average Bonchev–Trinajstić information content (AvgIpc) is 2.74. The molecule has 0 saturated heterocycles. The van der Waals surface area contributed by atoms with Gasteiger partial charge >= 0.3 is 0 Å². The van der Waals surface area contributed by atoms with Crippen molar-refractivity contribution >= 4 is 0 Å². The van der Waals surface area contributed by atoms with Crippen LogP contribution in [-0.2, 0) is 6.42 Å². The maximum Gasteiger partial charge on any atom is 0.0852 e. The number of benzene rings is 1. The Morgan fingerprint density at radius 1 is 1.10 bits per heavy atom. The zero-order valence-corrected chi connectivity index (χ0v) is 5.67. The molecule has 0 heteroatoms. The van der Waals surface area contributed by atoms with Crippen LogP contribution >= 0.6 is 0 Å². The summed E-state index contributed by atoms with van der Waals surface area (Å²) in [5.41, 5.74) is 1.38. The summed E-state index contributed by atoms with van der Waals surface area (Å²) in [6.45, 7) is 0. The van der Waals surface area contributed by atoms with Crippen LogP contribution in [0, 0.1) is 17.8 Å². The Balaban J connectivity index is 2.04. The van der Waals surface area contributed by atoms with E-state index in [1.807, 2.05) is 6.07 Å². The van der Waals surface area contributed by atoms with Crippen LogP contribution in [0.2, 0.25) is 0 Å². The van der Waals surface area contributed by atoms with Crippen molar-refractivity contribution in [2.45, 2.75) is 6.42 Å². The third-order valence-corrected chi connectivity index (χ3v) is 1.63. The minimum Gasteiger partial charge on any atom is -0.0851 e. The standard InChI is InChI=1S/C10H8/c1-2-4-9(5-3-1)8-10-6-7-10/h1-5,10H,8H2. The highest BCUT2D eigenvalue weighted by Crippen LogP contribution is 2.12. The summed E-state index contributed by atoms with van der Waals surface area (Å²) in [5.74, 6) is 6.58. The van der Waals surface area contributed by atoms with E-state index in [0.717, 1.165) is 6.42 Å². The van der Waals surface area contributed by atoms with Crippen molar-refractivity contribution in [1.29, 1.82) is 0 Å². The molecule has 1 aliphatic carbocycles. The summed E-state index contributed by atoms with van der Waals surface area (Å²) in [7, 11) is 0. The molecule has 0 aliphatic heterocycles. The fraction of sp³-hybridized carbons (Fsp3) is 0.200. The molecule has 1 aromatic rings. The van der Waals surface area contributed by atoms with Crippen LogP contribution in [0.15, 0.2) is 30.3 Å². The van der Waals surface area contributed by atoms with Crippen molar-refractivity contribution in [3.63, 3.8) is 0 Å². The average molecular weight is 128 g/mol. The van der Waals surface area contributed by atoms with Crippen LogP contribution in [0.1, 0.15) is 5.56 Å². The molecule has 1 aromatic carbocycles. The van der Waals surface area contributed by atoms with Crippen molar-refractivity contribution in [2.24, 2.45) is 5.92 Å². The van der Waals surface area contributed by atoms with Gasteiger partial charge in [0, 0.05) is 0 Å².